The molecule has 0 saturated carbocycles. The third kappa shape index (κ3) is 5.98. The largest absolute Gasteiger partial charge is 0.424 e. The second kappa shape index (κ2) is 10.0. The van der Waals surface area contributed by atoms with E-state index in [2.05, 4.69) is 30.9 Å². The average molecular weight is 468 g/mol. The summed E-state index contributed by atoms with van der Waals surface area (Å²) in [6.45, 7) is 2.83. The summed E-state index contributed by atoms with van der Waals surface area (Å²) in [5.74, 6) is -1.05. The molecule has 33 heavy (non-hydrogen) atoms. The Morgan fingerprint density at radius 3 is 2.27 bits per heavy atom. The molecular weight excluding hydrogens is 450 g/mol. The van der Waals surface area contributed by atoms with Gasteiger partial charge in [0.1, 0.15) is 17.4 Å². The second-order valence-corrected chi connectivity index (χ2v) is 7.71. The maximum Gasteiger partial charge on any atom is 0.323 e. The minimum Gasteiger partial charge on any atom is -0.424 e. The molecule has 2 aromatic heterocycles. The van der Waals surface area contributed by atoms with Gasteiger partial charge in [-0.15, -0.1) is 0 Å². The molecule has 2 heterocycles. The lowest BCUT2D eigenvalue weighted by Crippen LogP contribution is -2.19. The first kappa shape index (κ1) is 22.1. The Bertz CT molecular complexity index is 1230. The summed E-state index contributed by atoms with van der Waals surface area (Å²) in [4.78, 5) is 25.5. The van der Waals surface area contributed by atoms with Crippen LogP contribution in [-0.4, -0.2) is 27.5 Å². The summed E-state index contributed by atoms with van der Waals surface area (Å²) in [5, 5.41) is 8.85. The van der Waals surface area contributed by atoms with E-state index in [9.17, 15) is 13.6 Å². The molecule has 0 atom stereocenters. The first-order valence-electron chi connectivity index (χ1n) is 9.82. The van der Waals surface area contributed by atoms with Crippen LogP contribution in [0.2, 0.25) is 0 Å². The van der Waals surface area contributed by atoms with E-state index in [4.69, 9.17) is 4.74 Å². The van der Waals surface area contributed by atoms with Crippen LogP contribution in [0.1, 0.15) is 6.92 Å². The number of urea groups is 1. The summed E-state index contributed by atoms with van der Waals surface area (Å²) in [6.07, 6.45) is 4.51. The van der Waals surface area contributed by atoms with Crippen LogP contribution in [0.15, 0.2) is 61.1 Å². The second-order valence-electron chi connectivity index (χ2n) is 6.68. The fourth-order valence-corrected chi connectivity index (χ4v) is 3.68. The summed E-state index contributed by atoms with van der Waals surface area (Å²) < 4.78 is 32.1. The highest BCUT2D eigenvalue weighted by Gasteiger charge is 2.08. The van der Waals surface area contributed by atoms with Gasteiger partial charge in [0.2, 0.25) is 0 Å². The van der Waals surface area contributed by atoms with E-state index >= 15 is 0 Å². The summed E-state index contributed by atoms with van der Waals surface area (Å²) in [5.41, 5.74) is 1.26. The zero-order valence-electron chi connectivity index (χ0n) is 17.3. The van der Waals surface area contributed by atoms with Gasteiger partial charge in [-0.25, -0.2) is 28.5 Å². The molecule has 0 spiro atoms. The van der Waals surface area contributed by atoms with Crippen LogP contribution < -0.4 is 20.7 Å². The Balaban J connectivity index is 1.33. The number of nitrogens with one attached hydrogen (secondary N) is 3. The van der Waals surface area contributed by atoms with Crippen LogP contribution in [0.5, 0.6) is 11.8 Å². The highest BCUT2D eigenvalue weighted by Crippen LogP contribution is 2.30. The Morgan fingerprint density at radius 2 is 1.61 bits per heavy atom. The van der Waals surface area contributed by atoms with Gasteiger partial charge in [-0.1, -0.05) is 11.3 Å². The minimum atomic E-state index is -0.798. The van der Waals surface area contributed by atoms with Gasteiger partial charge >= 0.3 is 12.0 Å². The minimum absolute atomic E-state index is 0.0227. The van der Waals surface area contributed by atoms with Crippen LogP contribution in [-0.2, 0) is 0 Å². The monoisotopic (exact) mass is 468 g/mol. The number of amides is 2. The molecule has 0 aliphatic heterocycles. The van der Waals surface area contributed by atoms with Crippen LogP contribution in [0.3, 0.4) is 0 Å². The highest BCUT2D eigenvalue weighted by molar-refractivity contribution is 7.18. The smallest absolute Gasteiger partial charge is 0.323 e. The van der Waals surface area contributed by atoms with Gasteiger partial charge in [-0.2, -0.15) is 0 Å². The molecule has 0 fully saturated rings. The zero-order chi connectivity index (χ0) is 23.2. The van der Waals surface area contributed by atoms with Crippen molar-refractivity contribution in [3.8, 4) is 22.2 Å². The lowest BCUT2D eigenvalue weighted by atomic mass is 10.2. The van der Waals surface area contributed by atoms with Gasteiger partial charge in [-0.05, 0) is 48.9 Å². The zero-order valence-corrected chi connectivity index (χ0v) is 18.1. The predicted molar refractivity (Wildman–Crippen MR) is 123 cm³/mol. The van der Waals surface area contributed by atoms with Crippen molar-refractivity contribution in [2.75, 3.05) is 22.5 Å². The number of carbonyl (C=O) groups excluding carboxylic acids is 1. The number of benzene rings is 2. The molecule has 0 aliphatic carbocycles. The van der Waals surface area contributed by atoms with Crippen LogP contribution >= 0.6 is 11.3 Å². The van der Waals surface area contributed by atoms with Crippen molar-refractivity contribution in [3.05, 3.63) is 72.7 Å². The van der Waals surface area contributed by atoms with E-state index in [0.717, 1.165) is 34.2 Å². The van der Waals surface area contributed by atoms with Crippen molar-refractivity contribution in [1.82, 2.24) is 15.0 Å². The fourth-order valence-electron chi connectivity index (χ4n) is 2.79. The number of nitrogens with zero attached hydrogens (tertiary/aromatic N) is 3. The van der Waals surface area contributed by atoms with Crippen molar-refractivity contribution in [2.45, 2.75) is 6.92 Å². The van der Waals surface area contributed by atoms with Crippen LogP contribution in [0, 0.1) is 11.6 Å². The maximum absolute atomic E-state index is 13.2. The highest BCUT2D eigenvalue weighted by atomic mass is 32.1. The predicted octanol–water partition coefficient (Wildman–Crippen LogP) is 5.75. The van der Waals surface area contributed by atoms with E-state index in [0.29, 0.717) is 11.8 Å². The van der Waals surface area contributed by atoms with E-state index in [1.165, 1.54) is 12.4 Å². The van der Waals surface area contributed by atoms with Gasteiger partial charge < -0.3 is 20.7 Å². The molecule has 8 nitrogen and oxygen atoms in total. The topological polar surface area (TPSA) is 101 Å². The van der Waals surface area contributed by atoms with Crippen LogP contribution in [0.25, 0.3) is 10.4 Å². The summed E-state index contributed by atoms with van der Waals surface area (Å²) in [7, 11) is 0. The standard InChI is InChI=1S/C22H18F2N6O2S/c1-2-25-22-28-12-19(33-22)13-3-5-18(6-4-13)32-21-26-10-17(11-27-21)30-20(31)29-16-8-14(23)7-15(24)9-16/h3-12H,2H2,1H3,(H,25,28)(H2,29,30,31). The van der Waals surface area contributed by atoms with Gasteiger partial charge in [0.05, 0.1) is 23.0 Å². The quantitative estimate of drug-likeness (QED) is 0.319. The number of rotatable bonds is 7. The Kier molecular flexibility index (Phi) is 6.69. The maximum atomic E-state index is 13.2. The van der Waals surface area contributed by atoms with E-state index in [1.807, 2.05) is 25.3 Å². The molecule has 4 rings (SSSR count). The molecular formula is C22H18F2N6O2S. The normalized spacial score (nSPS) is 10.5. The molecule has 4 aromatic rings. The first-order valence-corrected chi connectivity index (χ1v) is 10.6. The van der Waals surface area contributed by atoms with E-state index < -0.39 is 17.7 Å². The van der Waals surface area contributed by atoms with E-state index in [-0.39, 0.29) is 17.4 Å². The average Bonchev–Trinajstić information content (AvgIpc) is 3.24. The SMILES string of the molecule is CCNc1ncc(-c2ccc(Oc3ncc(NC(=O)Nc4cc(F)cc(F)c4)cn3)cc2)s1. The van der Waals surface area contributed by atoms with E-state index in [1.54, 1.807) is 23.5 Å². The number of anilines is 3. The van der Waals surface area contributed by atoms with Crippen molar-refractivity contribution in [1.29, 1.82) is 0 Å². The molecule has 0 aliphatic rings. The van der Waals surface area contributed by atoms with Gasteiger partial charge in [0, 0.05) is 24.5 Å². The molecule has 0 saturated heterocycles. The van der Waals surface area contributed by atoms with Crippen molar-refractivity contribution in [2.24, 2.45) is 0 Å². The molecule has 0 bridgehead atoms. The number of aromatic nitrogens is 3. The molecule has 168 valence electrons. The van der Waals surface area contributed by atoms with Gasteiger partial charge in [0.25, 0.3) is 0 Å². The number of ether oxygens (including phenoxy) is 1. The summed E-state index contributed by atoms with van der Waals surface area (Å²) in [6, 6.07) is 9.51. The van der Waals surface area contributed by atoms with Crippen molar-refractivity contribution >= 4 is 33.9 Å². The molecule has 2 amide bonds. The molecule has 0 radical (unpaired) electrons. The number of carbonyl (C=O) groups is 1. The van der Waals surface area contributed by atoms with Gasteiger partial charge in [0.15, 0.2) is 5.13 Å². The lowest BCUT2D eigenvalue weighted by Gasteiger charge is -2.08. The number of hydrogen-bond donors (Lipinski definition) is 3. The third-order valence-electron chi connectivity index (χ3n) is 4.19. The Hall–Kier alpha value is -4.12. The molecule has 3 N–H and O–H groups in total. The van der Waals surface area contributed by atoms with Gasteiger partial charge in [-0.3, -0.25) is 0 Å². The molecule has 11 heteroatoms. The van der Waals surface area contributed by atoms with Crippen LogP contribution in [0.4, 0.5) is 30.1 Å². The Labute approximate surface area is 191 Å². The Morgan fingerprint density at radius 1 is 0.939 bits per heavy atom. The van der Waals surface area contributed by atoms with Crippen molar-refractivity contribution < 1.29 is 18.3 Å². The number of halogens is 2. The lowest BCUT2D eigenvalue weighted by molar-refractivity contribution is 0.262. The molecule has 0 unspecified atom stereocenters. The number of thiazole rings is 1. The number of hydrogen-bond acceptors (Lipinski definition) is 7. The molecule has 2 aromatic carbocycles. The third-order valence-corrected chi connectivity index (χ3v) is 5.19. The first-order chi connectivity index (χ1) is 16.0. The fraction of sp³-hybridized carbons (Fsp3) is 0.0909. The van der Waals surface area contributed by atoms with Crippen molar-refractivity contribution in [3.63, 3.8) is 0 Å². The summed E-state index contributed by atoms with van der Waals surface area (Å²) >= 11 is 1.56.